The molecule has 3 N–H and O–H groups in total. The molecular formula is C22H23FN6O2. The molecule has 0 spiro atoms. The molecule has 0 fully saturated rings. The summed E-state index contributed by atoms with van der Waals surface area (Å²) in [4.78, 5) is 20.2. The molecule has 4 aromatic rings. The second-order valence-corrected chi connectivity index (χ2v) is 8.09. The van der Waals surface area contributed by atoms with Gasteiger partial charge in [-0.05, 0) is 56.7 Å². The predicted molar refractivity (Wildman–Crippen MR) is 113 cm³/mol. The maximum atomic E-state index is 13.5. The third kappa shape index (κ3) is 4.46. The quantitative estimate of drug-likeness (QED) is 0.476. The minimum atomic E-state index is -0.853. The standard InChI is InChI=1S/C22H23FN6O2/c1-22(2,31)9-10-28-13-26-20(14-3-5-15(23)6-4-14)21(28)17-7-8-19-25-12-16(11-18(24)30)29(19)27-17/h3-8,12-13,31H,9-11H2,1-2H3,(H2,24,30). The van der Waals surface area contributed by atoms with E-state index in [4.69, 9.17) is 5.73 Å². The van der Waals surface area contributed by atoms with Crippen LogP contribution in [0, 0.1) is 5.82 Å². The van der Waals surface area contributed by atoms with Gasteiger partial charge >= 0.3 is 0 Å². The summed E-state index contributed by atoms with van der Waals surface area (Å²) < 4.78 is 17.0. The Morgan fingerprint density at radius 3 is 2.58 bits per heavy atom. The number of aromatic nitrogens is 5. The molecule has 1 aromatic carbocycles. The van der Waals surface area contributed by atoms with Crippen LogP contribution < -0.4 is 5.73 Å². The summed E-state index contributed by atoms with van der Waals surface area (Å²) >= 11 is 0. The molecule has 0 aliphatic heterocycles. The second-order valence-electron chi connectivity index (χ2n) is 8.09. The minimum Gasteiger partial charge on any atom is -0.390 e. The number of carbonyl (C=O) groups is 1. The summed E-state index contributed by atoms with van der Waals surface area (Å²) in [6, 6.07) is 9.71. The van der Waals surface area contributed by atoms with Crippen molar-refractivity contribution in [3.63, 3.8) is 0 Å². The van der Waals surface area contributed by atoms with Gasteiger partial charge in [0.15, 0.2) is 5.65 Å². The van der Waals surface area contributed by atoms with Crippen LogP contribution in [0.25, 0.3) is 28.3 Å². The van der Waals surface area contributed by atoms with Gasteiger partial charge in [-0.25, -0.2) is 18.9 Å². The molecule has 4 rings (SSSR count). The van der Waals surface area contributed by atoms with Crippen molar-refractivity contribution >= 4 is 11.6 Å². The van der Waals surface area contributed by atoms with E-state index in [9.17, 15) is 14.3 Å². The molecule has 0 aliphatic rings. The lowest BCUT2D eigenvalue weighted by atomic mass is 10.1. The van der Waals surface area contributed by atoms with Gasteiger partial charge in [-0.2, -0.15) is 5.10 Å². The fourth-order valence-electron chi connectivity index (χ4n) is 3.38. The van der Waals surface area contributed by atoms with E-state index in [0.29, 0.717) is 35.7 Å². The monoisotopic (exact) mass is 422 g/mol. The molecule has 0 saturated carbocycles. The molecule has 0 atom stereocenters. The van der Waals surface area contributed by atoms with Crippen molar-refractivity contribution in [2.24, 2.45) is 5.73 Å². The summed E-state index contributed by atoms with van der Waals surface area (Å²) in [5.41, 5.74) is 8.36. The van der Waals surface area contributed by atoms with Gasteiger partial charge in [0.25, 0.3) is 0 Å². The second kappa shape index (κ2) is 7.92. The number of nitrogens with two attached hydrogens (primary N) is 1. The summed E-state index contributed by atoms with van der Waals surface area (Å²) in [7, 11) is 0. The third-order valence-corrected chi connectivity index (χ3v) is 4.95. The van der Waals surface area contributed by atoms with Crippen LogP contribution in [0.4, 0.5) is 4.39 Å². The highest BCUT2D eigenvalue weighted by Crippen LogP contribution is 2.31. The lowest BCUT2D eigenvalue weighted by Crippen LogP contribution is -2.21. The Kier molecular flexibility index (Phi) is 5.28. The minimum absolute atomic E-state index is 0.0143. The van der Waals surface area contributed by atoms with Crippen LogP contribution in [-0.4, -0.2) is 40.8 Å². The van der Waals surface area contributed by atoms with E-state index in [1.54, 1.807) is 49.1 Å². The molecule has 1 amide bonds. The number of hydrogen-bond donors (Lipinski definition) is 2. The Hall–Kier alpha value is -3.59. The zero-order valence-electron chi connectivity index (χ0n) is 17.3. The van der Waals surface area contributed by atoms with E-state index in [1.165, 1.54) is 12.1 Å². The number of fused-ring (bicyclic) bond motifs is 1. The molecule has 0 saturated heterocycles. The molecule has 3 heterocycles. The summed E-state index contributed by atoms with van der Waals surface area (Å²) in [6.45, 7) is 4.00. The van der Waals surface area contributed by atoms with Gasteiger partial charge in [-0.1, -0.05) is 0 Å². The number of hydrogen-bond acceptors (Lipinski definition) is 5. The fourth-order valence-corrected chi connectivity index (χ4v) is 3.38. The maximum Gasteiger partial charge on any atom is 0.223 e. The SMILES string of the molecule is CC(C)(O)CCn1cnc(-c2ccc(F)cc2)c1-c1ccc2ncc(CC(N)=O)n2n1. The molecule has 0 aliphatic carbocycles. The van der Waals surface area contributed by atoms with E-state index in [-0.39, 0.29) is 12.2 Å². The van der Waals surface area contributed by atoms with Crippen molar-refractivity contribution in [1.82, 2.24) is 24.1 Å². The highest BCUT2D eigenvalue weighted by molar-refractivity contribution is 5.78. The zero-order chi connectivity index (χ0) is 22.2. The van der Waals surface area contributed by atoms with Gasteiger partial charge in [0.1, 0.15) is 11.5 Å². The molecule has 0 bridgehead atoms. The molecule has 0 radical (unpaired) electrons. The molecule has 8 nitrogen and oxygen atoms in total. The highest BCUT2D eigenvalue weighted by atomic mass is 19.1. The molecule has 160 valence electrons. The van der Waals surface area contributed by atoms with E-state index >= 15 is 0 Å². The number of amides is 1. The Morgan fingerprint density at radius 1 is 1.16 bits per heavy atom. The Labute approximate surface area is 178 Å². The molecule has 31 heavy (non-hydrogen) atoms. The van der Waals surface area contributed by atoms with Crippen molar-refractivity contribution in [2.75, 3.05) is 0 Å². The van der Waals surface area contributed by atoms with Crippen molar-refractivity contribution in [1.29, 1.82) is 0 Å². The van der Waals surface area contributed by atoms with Crippen molar-refractivity contribution in [3.05, 3.63) is 60.4 Å². The number of aryl methyl sites for hydroxylation is 1. The average Bonchev–Trinajstić information content (AvgIpc) is 3.30. The summed E-state index contributed by atoms with van der Waals surface area (Å²) in [5.74, 6) is -0.808. The summed E-state index contributed by atoms with van der Waals surface area (Å²) in [6.07, 6.45) is 3.77. The topological polar surface area (TPSA) is 111 Å². The van der Waals surface area contributed by atoms with Gasteiger partial charge < -0.3 is 15.4 Å². The average molecular weight is 422 g/mol. The van der Waals surface area contributed by atoms with Crippen LogP contribution in [-0.2, 0) is 17.8 Å². The number of nitrogens with zero attached hydrogens (tertiary/aromatic N) is 5. The molecule has 3 aromatic heterocycles. The van der Waals surface area contributed by atoms with Crippen molar-refractivity contribution < 1.29 is 14.3 Å². The van der Waals surface area contributed by atoms with Gasteiger partial charge in [-0.3, -0.25) is 4.79 Å². The lowest BCUT2D eigenvalue weighted by Gasteiger charge is -2.18. The molecule has 0 unspecified atom stereocenters. The van der Waals surface area contributed by atoms with Crippen LogP contribution in [0.5, 0.6) is 0 Å². The lowest BCUT2D eigenvalue weighted by molar-refractivity contribution is -0.117. The number of imidazole rings is 2. The van der Waals surface area contributed by atoms with Crippen LogP contribution in [0.3, 0.4) is 0 Å². The van der Waals surface area contributed by atoms with E-state index in [0.717, 1.165) is 11.3 Å². The van der Waals surface area contributed by atoms with Gasteiger partial charge in [-0.15, -0.1) is 0 Å². The van der Waals surface area contributed by atoms with Crippen molar-refractivity contribution in [2.45, 2.75) is 38.8 Å². The van der Waals surface area contributed by atoms with Gasteiger partial charge in [0.05, 0.1) is 41.6 Å². The van der Waals surface area contributed by atoms with Crippen molar-refractivity contribution in [3.8, 4) is 22.6 Å². The third-order valence-electron chi connectivity index (χ3n) is 4.95. The van der Waals surface area contributed by atoms with E-state index < -0.39 is 11.5 Å². The smallest absolute Gasteiger partial charge is 0.223 e. The number of primary amides is 1. The maximum absolute atomic E-state index is 13.5. The zero-order valence-corrected chi connectivity index (χ0v) is 17.3. The van der Waals surface area contributed by atoms with Crippen LogP contribution in [0.2, 0.25) is 0 Å². The highest BCUT2D eigenvalue weighted by Gasteiger charge is 2.20. The first kappa shape index (κ1) is 20.7. The Morgan fingerprint density at radius 2 is 1.90 bits per heavy atom. The van der Waals surface area contributed by atoms with Gasteiger partial charge in [0.2, 0.25) is 5.91 Å². The van der Waals surface area contributed by atoms with E-state index in [1.807, 2.05) is 10.6 Å². The largest absolute Gasteiger partial charge is 0.390 e. The number of aliphatic hydroxyl groups is 1. The molecule has 9 heteroatoms. The Balaban J connectivity index is 1.85. The number of carbonyl (C=O) groups excluding carboxylic acids is 1. The first-order chi connectivity index (χ1) is 14.7. The predicted octanol–water partition coefficient (Wildman–Crippen LogP) is 2.59. The van der Waals surface area contributed by atoms with Crippen LogP contribution in [0.1, 0.15) is 26.0 Å². The first-order valence-electron chi connectivity index (χ1n) is 9.87. The van der Waals surface area contributed by atoms with Crippen LogP contribution in [0.15, 0.2) is 48.9 Å². The normalized spacial score (nSPS) is 11.9. The molecular weight excluding hydrogens is 399 g/mol. The number of rotatable bonds is 7. The fraction of sp³-hybridized carbons (Fsp3) is 0.273. The summed E-state index contributed by atoms with van der Waals surface area (Å²) in [5, 5.41) is 14.9. The number of benzene rings is 1. The first-order valence-corrected chi connectivity index (χ1v) is 9.87. The number of halogens is 1. The van der Waals surface area contributed by atoms with E-state index in [2.05, 4.69) is 15.1 Å². The van der Waals surface area contributed by atoms with Crippen LogP contribution >= 0.6 is 0 Å². The Bertz CT molecular complexity index is 1240. The van der Waals surface area contributed by atoms with Gasteiger partial charge in [0, 0.05) is 12.1 Å².